The predicted molar refractivity (Wildman–Crippen MR) is 86.3 cm³/mol. The molecular formula is C15H22ClFN2O3. The first-order valence-electron chi connectivity index (χ1n) is 6.88. The molecule has 0 saturated carbocycles. The number of ether oxygens (including phenoxy) is 1. The van der Waals surface area contributed by atoms with Crippen molar-refractivity contribution in [2.24, 2.45) is 0 Å². The van der Waals surface area contributed by atoms with Gasteiger partial charge in [0.05, 0.1) is 23.4 Å². The monoisotopic (exact) mass is 332 g/mol. The van der Waals surface area contributed by atoms with Gasteiger partial charge in [-0.1, -0.05) is 0 Å². The Labute approximate surface area is 135 Å². The molecule has 0 heterocycles. The first-order valence-corrected chi connectivity index (χ1v) is 7.41. The fourth-order valence-electron chi connectivity index (χ4n) is 1.64. The Hall–Kier alpha value is -1.53. The van der Waals surface area contributed by atoms with E-state index >= 15 is 0 Å². The molecule has 0 spiro atoms. The number of carbonyl (C=O) groups is 1. The van der Waals surface area contributed by atoms with Crippen LogP contribution >= 0.6 is 11.6 Å². The zero-order valence-corrected chi connectivity index (χ0v) is 13.9. The molecule has 1 aromatic carbocycles. The van der Waals surface area contributed by atoms with E-state index in [0.717, 1.165) is 0 Å². The Morgan fingerprint density at radius 2 is 2.14 bits per heavy atom. The van der Waals surface area contributed by atoms with Crippen LogP contribution in [0.5, 0.6) is 0 Å². The van der Waals surface area contributed by atoms with Crippen LogP contribution < -0.4 is 10.2 Å². The Balaban J connectivity index is 2.95. The summed E-state index contributed by atoms with van der Waals surface area (Å²) in [4.78, 5) is 13.3. The minimum atomic E-state index is -0.744. The number of alkyl halides is 1. The number of rotatable bonds is 5. The summed E-state index contributed by atoms with van der Waals surface area (Å²) in [7, 11) is 1.49. The van der Waals surface area contributed by atoms with E-state index in [1.165, 1.54) is 30.1 Å². The second-order valence-electron chi connectivity index (χ2n) is 5.89. The fraction of sp³-hybridized carbons (Fsp3) is 0.533. The molecule has 0 aliphatic heterocycles. The lowest BCUT2D eigenvalue weighted by Gasteiger charge is -2.26. The van der Waals surface area contributed by atoms with E-state index in [-0.39, 0.29) is 12.4 Å². The maximum atomic E-state index is 13.5. The molecule has 7 heteroatoms. The second-order valence-corrected chi connectivity index (χ2v) is 6.20. The molecule has 2 N–H and O–H groups in total. The van der Waals surface area contributed by atoms with Crippen molar-refractivity contribution < 1.29 is 19.0 Å². The van der Waals surface area contributed by atoms with Gasteiger partial charge in [-0.2, -0.15) is 0 Å². The molecule has 0 saturated heterocycles. The van der Waals surface area contributed by atoms with Crippen LogP contribution in [-0.4, -0.2) is 42.4 Å². The van der Waals surface area contributed by atoms with Crippen LogP contribution in [0.4, 0.5) is 20.6 Å². The lowest BCUT2D eigenvalue weighted by atomic mass is 10.2. The molecule has 22 heavy (non-hydrogen) atoms. The summed E-state index contributed by atoms with van der Waals surface area (Å²) in [6.45, 7) is 5.44. The molecule has 0 aromatic heterocycles. The highest BCUT2D eigenvalue weighted by atomic mass is 35.5. The number of anilines is 2. The minimum Gasteiger partial charge on any atom is -0.443 e. The summed E-state index contributed by atoms with van der Waals surface area (Å²) in [6, 6.07) is 3.98. The Kier molecular flexibility index (Phi) is 6.44. The van der Waals surface area contributed by atoms with Gasteiger partial charge in [-0.05, 0) is 39.0 Å². The number of benzene rings is 1. The van der Waals surface area contributed by atoms with Crippen molar-refractivity contribution >= 4 is 29.1 Å². The van der Waals surface area contributed by atoms with Gasteiger partial charge < -0.3 is 15.2 Å². The van der Waals surface area contributed by atoms with Gasteiger partial charge in [0.2, 0.25) is 0 Å². The number of aliphatic hydroxyl groups is 1. The molecule has 1 amide bonds. The smallest absolute Gasteiger partial charge is 0.414 e. The number of nitrogens with one attached hydrogen (secondary N) is 1. The standard InChI is InChI=1S/C15H22ClFN2O3/c1-15(2,3)22-14(21)19(4)13-7-10(17)5-6-12(13)18-9-11(20)8-16/h5-7,11,18,20H,8-9H2,1-4H3. The number of nitrogens with zero attached hydrogens (tertiary/aromatic N) is 1. The molecular weight excluding hydrogens is 311 g/mol. The number of halogens is 2. The molecule has 1 aromatic rings. The van der Waals surface area contributed by atoms with Crippen molar-refractivity contribution in [3.63, 3.8) is 0 Å². The summed E-state index contributed by atoms with van der Waals surface area (Å²) in [5.41, 5.74) is 0.163. The number of aliphatic hydroxyl groups excluding tert-OH is 1. The van der Waals surface area contributed by atoms with Gasteiger partial charge in [-0.15, -0.1) is 11.6 Å². The number of carbonyl (C=O) groups excluding carboxylic acids is 1. The molecule has 1 unspecified atom stereocenters. The van der Waals surface area contributed by atoms with Crippen LogP contribution in [0.25, 0.3) is 0 Å². The number of amides is 1. The van der Waals surface area contributed by atoms with Crippen molar-refractivity contribution in [3.05, 3.63) is 24.0 Å². The summed E-state index contributed by atoms with van der Waals surface area (Å²) in [5.74, 6) is -0.403. The van der Waals surface area contributed by atoms with Crippen LogP contribution in [0, 0.1) is 5.82 Å². The first-order chi connectivity index (χ1) is 10.1. The van der Waals surface area contributed by atoms with Crippen LogP contribution in [-0.2, 0) is 4.74 Å². The lowest BCUT2D eigenvalue weighted by Crippen LogP contribution is -2.34. The lowest BCUT2D eigenvalue weighted by molar-refractivity contribution is 0.0589. The summed E-state index contributed by atoms with van der Waals surface area (Å²) in [5, 5.41) is 12.4. The van der Waals surface area contributed by atoms with Crippen molar-refractivity contribution in [2.45, 2.75) is 32.5 Å². The van der Waals surface area contributed by atoms with Crippen LogP contribution in [0.3, 0.4) is 0 Å². The second kappa shape index (κ2) is 7.65. The SMILES string of the molecule is CN(C(=O)OC(C)(C)C)c1cc(F)ccc1NCC(O)CCl. The van der Waals surface area contributed by atoms with E-state index in [0.29, 0.717) is 11.4 Å². The molecule has 0 radical (unpaired) electrons. The third kappa shape index (κ3) is 5.69. The van der Waals surface area contributed by atoms with Crippen LogP contribution in [0.2, 0.25) is 0 Å². The predicted octanol–water partition coefficient (Wildman–Crippen LogP) is 3.21. The van der Waals surface area contributed by atoms with Gasteiger partial charge in [-0.3, -0.25) is 4.90 Å². The molecule has 1 rings (SSSR count). The summed E-state index contributed by atoms with van der Waals surface area (Å²) >= 11 is 5.53. The van der Waals surface area contributed by atoms with Crippen molar-refractivity contribution in [1.82, 2.24) is 0 Å². The summed E-state index contributed by atoms with van der Waals surface area (Å²) in [6.07, 6.45) is -1.34. The van der Waals surface area contributed by atoms with Gasteiger partial charge in [0, 0.05) is 13.6 Å². The van der Waals surface area contributed by atoms with Crippen molar-refractivity contribution in [2.75, 3.05) is 29.7 Å². The third-order valence-electron chi connectivity index (χ3n) is 2.69. The minimum absolute atomic E-state index is 0.0748. The molecule has 0 bridgehead atoms. The van der Waals surface area contributed by atoms with E-state index in [9.17, 15) is 14.3 Å². The highest BCUT2D eigenvalue weighted by Gasteiger charge is 2.22. The number of hydrogen-bond acceptors (Lipinski definition) is 4. The van der Waals surface area contributed by atoms with Crippen molar-refractivity contribution in [3.8, 4) is 0 Å². The highest BCUT2D eigenvalue weighted by Crippen LogP contribution is 2.27. The van der Waals surface area contributed by atoms with E-state index < -0.39 is 23.6 Å². The molecule has 0 aliphatic rings. The highest BCUT2D eigenvalue weighted by molar-refractivity contribution is 6.18. The Morgan fingerprint density at radius 1 is 1.50 bits per heavy atom. The van der Waals surface area contributed by atoms with Crippen LogP contribution in [0.1, 0.15) is 20.8 Å². The average molecular weight is 333 g/mol. The molecule has 0 aliphatic carbocycles. The molecule has 1 atom stereocenters. The molecule has 5 nitrogen and oxygen atoms in total. The summed E-state index contributed by atoms with van der Waals surface area (Å²) < 4.78 is 18.8. The van der Waals surface area contributed by atoms with Crippen LogP contribution in [0.15, 0.2) is 18.2 Å². The topological polar surface area (TPSA) is 61.8 Å². The largest absolute Gasteiger partial charge is 0.443 e. The quantitative estimate of drug-likeness (QED) is 0.813. The molecule has 124 valence electrons. The van der Waals surface area contributed by atoms with E-state index in [4.69, 9.17) is 16.3 Å². The third-order valence-corrected chi connectivity index (χ3v) is 3.05. The van der Waals surface area contributed by atoms with E-state index in [1.54, 1.807) is 20.8 Å². The van der Waals surface area contributed by atoms with Gasteiger partial charge in [-0.25, -0.2) is 9.18 Å². The maximum absolute atomic E-state index is 13.5. The van der Waals surface area contributed by atoms with Crippen molar-refractivity contribution in [1.29, 1.82) is 0 Å². The van der Waals surface area contributed by atoms with Gasteiger partial charge in [0.25, 0.3) is 0 Å². The molecule has 0 fully saturated rings. The van der Waals surface area contributed by atoms with Gasteiger partial charge >= 0.3 is 6.09 Å². The van der Waals surface area contributed by atoms with Gasteiger partial charge in [0.15, 0.2) is 0 Å². The Bertz CT molecular complexity index is 520. The number of hydrogen-bond donors (Lipinski definition) is 2. The maximum Gasteiger partial charge on any atom is 0.414 e. The Morgan fingerprint density at radius 3 is 2.68 bits per heavy atom. The first kappa shape index (κ1) is 18.5. The zero-order chi connectivity index (χ0) is 16.9. The van der Waals surface area contributed by atoms with Gasteiger partial charge in [0.1, 0.15) is 11.4 Å². The van der Waals surface area contributed by atoms with E-state index in [2.05, 4.69) is 5.32 Å². The van der Waals surface area contributed by atoms with E-state index in [1.807, 2.05) is 0 Å². The fourth-order valence-corrected chi connectivity index (χ4v) is 1.75. The average Bonchev–Trinajstić information content (AvgIpc) is 2.42. The normalized spacial score (nSPS) is 12.7. The zero-order valence-electron chi connectivity index (χ0n) is 13.2.